The molecule has 0 spiro atoms. The van der Waals surface area contributed by atoms with Crippen molar-refractivity contribution < 1.29 is 13.2 Å². The third-order valence-electron chi connectivity index (χ3n) is 4.92. The summed E-state index contributed by atoms with van der Waals surface area (Å²) < 4.78 is 26.2. The highest BCUT2D eigenvalue weighted by Gasteiger charge is 2.25. The Morgan fingerprint density at radius 2 is 1.78 bits per heavy atom. The number of benzene rings is 1. The molecule has 0 bridgehead atoms. The number of nitrogens with one attached hydrogen (secondary N) is 2. The molecule has 0 aromatic heterocycles. The fourth-order valence-electron chi connectivity index (χ4n) is 3.54. The number of anilines is 1. The first-order chi connectivity index (χ1) is 12.6. The number of amides is 2. The molecule has 0 heterocycles. The second-order valence-corrected chi connectivity index (χ2v) is 10.2. The molecule has 1 saturated carbocycles. The van der Waals surface area contributed by atoms with Crippen LogP contribution in [0.4, 0.5) is 10.5 Å². The van der Waals surface area contributed by atoms with Gasteiger partial charge in [0.1, 0.15) is 0 Å². The maximum atomic E-state index is 12.4. The van der Waals surface area contributed by atoms with Gasteiger partial charge in [-0.25, -0.2) is 13.2 Å². The molecule has 0 unspecified atom stereocenters. The minimum atomic E-state index is -3.46. The summed E-state index contributed by atoms with van der Waals surface area (Å²) >= 11 is 0. The summed E-state index contributed by atoms with van der Waals surface area (Å²) in [4.78, 5) is 12.1. The van der Waals surface area contributed by atoms with Crippen molar-refractivity contribution in [2.45, 2.75) is 64.3 Å². The molecule has 6 nitrogen and oxygen atoms in total. The summed E-state index contributed by atoms with van der Waals surface area (Å²) in [6, 6.07) is 7.54. The molecule has 7 heteroatoms. The molecule has 0 radical (unpaired) electrons. The molecule has 1 aliphatic rings. The zero-order valence-corrected chi connectivity index (χ0v) is 17.7. The predicted octanol–water partition coefficient (Wildman–Crippen LogP) is 3.38. The lowest BCUT2D eigenvalue weighted by Gasteiger charge is -2.30. The third-order valence-corrected chi connectivity index (χ3v) is 6.10. The predicted molar refractivity (Wildman–Crippen MR) is 111 cm³/mol. The summed E-state index contributed by atoms with van der Waals surface area (Å²) in [7, 11) is -3.46. The maximum Gasteiger partial charge on any atom is 0.315 e. The first-order valence-corrected chi connectivity index (χ1v) is 11.6. The lowest BCUT2D eigenvalue weighted by molar-refractivity contribution is 0.233. The van der Waals surface area contributed by atoms with E-state index >= 15 is 0 Å². The Hall–Kier alpha value is -1.76. The van der Waals surface area contributed by atoms with Gasteiger partial charge in [0.2, 0.25) is 10.0 Å². The van der Waals surface area contributed by atoms with Gasteiger partial charge in [-0.2, -0.15) is 0 Å². The standard InChI is InChI=1S/C20H33N3O3S/c1-20(2,3)17-12-8-9-13-18(17)23(27(4,25)26)15-14-21-19(24)22-16-10-6-5-7-11-16/h8-9,12-13,16H,5-7,10-11,14-15H2,1-4H3,(H2,21,22,24). The summed E-state index contributed by atoms with van der Waals surface area (Å²) in [5, 5.41) is 5.79. The van der Waals surface area contributed by atoms with Gasteiger partial charge in [-0.3, -0.25) is 4.31 Å². The second-order valence-electron chi connectivity index (χ2n) is 8.34. The van der Waals surface area contributed by atoms with Crippen LogP contribution in [-0.4, -0.2) is 39.8 Å². The van der Waals surface area contributed by atoms with E-state index in [1.165, 1.54) is 17.0 Å². The average molecular weight is 396 g/mol. The van der Waals surface area contributed by atoms with Gasteiger partial charge in [0.05, 0.1) is 18.5 Å². The summed E-state index contributed by atoms with van der Waals surface area (Å²) in [6.45, 7) is 6.63. The fraction of sp³-hybridized carbons (Fsp3) is 0.650. The molecule has 1 aromatic carbocycles. The van der Waals surface area contributed by atoms with Gasteiger partial charge in [0.25, 0.3) is 0 Å². The monoisotopic (exact) mass is 395 g/mol. The fourth-order valence-corrected chi connectivity index (χ4v) is 4.48. The first-order valence-electron chi connectivity index (χ1n) is 9.70. The Morgan fingerprint density at radius 3 is 2.37 bits per heavy atom. The Kier molecular flexibility index (Phi) is 7.14. The molecule has 27 heavy (non-hydrogen) atoms. The van der Waals surface area contributed by atoms with Crippen LogP contribution in [0.25, 0.3) is 0 Å². The van der Waals surface area contributed by atoms with Crippen molar-refractivity contribution in [3.05, 3.63) is 29.8 Å². The van der Waals surface area contributed by atoms with Crippen molar-refractivity contribution in [2.75, 3.05) is 23.7 Å². The molecule has 1 aliphatic carbocycles. The van der Waals surface area contributed by atoms with Gasteiger partial charge in [0, 0.05) is 12.6 Å². The molecule has 2 N–H and O–H groups in total. The van der Waals surface area contributed by atoms with E-state index in [0.717, 1.165) is 31.2 Å². The van der Waals surface area contributed by atoms with E-state index in [2.05, 4.69) is 31.4 Å². The molecule has 0 saturated heterocycles. The van der Waals surface area contributed by atoms with Gasteiger partial charge < -0.3 is 10.6 Å². The number of hydrogen-bond acceptors (Lipinski definition) is 3. The van der Waals surface area contributed by atoms with E-state index in [1.54, 1.807) is 0 Å². The number of carbonyl (C=O) groups is 1. The summed E-state index contributed by atoms with van der Waals surface area (Å²) in [6.07, 6.45) is 6.77. The lowest BCUT2D eigenvalue weighted by atomic mass is 9.86. The second kappa shape index (κ2) is 8.95. The van der Waals surface area contributed by atoms with E-state index in [1.807, 2.05) is 24.3 Å². The van der Waals surface area contributed by atoms with Gasteiger partial charge in [0.15, 0.2) is 0 Å². The maximum absolute atomic E-state index is 12.4. The third kappa shape index (κ3) is 6.41. The molecule has 1 fully saturated rings. The smallest absolute Gasteiger partial charge is 0.315 e. The topological polar surface area (TPSA) is 78.5 Å². The van der Waals surface area contributed by atoms with Crippen LogP contribution in [0, 0.1) is 0 Å². The number of para-hydroxylation sites is 1. The van der Waals surface area contributed by atoms with Crippen LogP contribution in [0.5, 0.6) is 0 Å². The number of urea groups is 1. The van der Waals surface area contributed by atoms with E-state index in [-0.39, 0.29) is 30.6 Å². The Balaban J connectivity index is 2.03. The molecule has 0 aliphatic heterocycles. The largest absolute Gasteiger partial charge is 0.336 e. The van der Waals surface area contributed by atoms with Crippen molar-refractivity contribution in [3.8, 4) is 0 Å². The molecule has 2 amide bonds. The minimum absolute atomic E-state index is 0.189. The van der Waals surface area contributed by atoms with Crippen molar-refractivity contribution in [1.82, 2.24) is 10.6 Å². The van der Waals surface area contributed by atoms with Crippen LogP contribution in [-0.2, 0) is 15.4 Å². The van der Waals surface area contributed by atoms with E-state index in [9.17, 15) is 13.2 Å². The molecular formula is C20H33N3O3S. The molecule has 152 valence electrons. The van der Waals surface area contributed by atoms with Crippen molar-refractivity contribution in [1.29, 1.82) is 0 Å². The minimum Gasteiger partial charge on any atom is -0.336 e. The van der Waals surface area contributed by atoms with Crippen LogP contribution in [0.1, 0.15) is 58.4 Å². The summed E-state index contributed by atoms with van der Waals surface area (Å²) in [5.41, 5.74) is 1.44. The lowest BCUT2D eigenvalue weighted by Crippen LogP contribution is -2.46. The highest BCUT2D eigenvalue weighted by Crippen LogP contribution is 2.32. The number of sulfonamides is 1. The Labute approximate surface area is 163 Å². The van der Waals surface area contributed by atoms with E-state index < -0.39 is 10.0 Å². The van der Waals surface area contributed by atoms with Gasteiger partial charge in [-0.15, -0.1) is 0 Å². The Morgan fingerprint density at radius 1 is 1.15 bits per heavy atom. The highest BCUT2D eigenvalue weighted by molar-refractivity contribution is 7.92. The Bertz CT molecular complexity index is 735. The molecule has 2 rings (SSSR count). The van der Waals surface area contributed by atoms with Gasteiger partial charge in [-0.05, 0) is 29.9 Å². The SMILES string of the molecule is CC(C)(C)c1ccccc1N(CCNC(=O)NC1CCCCC1)S(C)(=O)=O. The van der Waals surface area contributed by atoms with Crippen molar-refractivity contribution in [2.24, 2.45) is 0 Å². The molecule has 0 atom stereocenters. The molecule has 1 aromatic rings. The van der Waals surface area contributed by atoms with E-state index in [4.69, 9.17) is 0 Å². The van der Waals surface area contributed by atoms with E-state index in [0.29, 0.717) is 5.69 Å². The van der Waals surface area contributed by atoms with Crippen LogP contribution >= 0.6 is 0 Å². The van der Waals surface area contributed by atoms with Crippen molar-refractivity contribution in [3.63, 3.8) is 0 Å². The number of hydrogen-bond donors (Lipinski definition) is 2. The zero-order chi connectivity index (χ0) is 20.1. The first kappa shape index (κ1) is 21.5. The number of nitrogens with zero attached hydrogens (tertiary/aromatic N) is 1. The van der Waals surface area contributed by atoms with Gasteiger partial charge >= 0.3 is 6.03 Å². The van der Waals surface area contributed by atoms with Crippen LogP contribution < -0.4 is 14.9 Å². The van der Waals surface area contributed by atoms with Crippen LogP contribution in [0.2, 0.25) is 0 Å². The normalized spacial score (nSPS) is 16.0. The molecular weight excluding hydrogens is 362 g/mol. The van der Waals surface area contributed by atoms with Gasteiger partial charge in [-0.1, -0.05) is 58.2 Å². The summed E-state index contributed by atoms with van der Waals surface area (Å²) in [5.74, 6) is 0. The zero-order valence-electron chi connectivity index (χ0n) is 16.9. The average Bonchev–Trinajstić information content (AvgIpc) is 2.58. The highest BCUT2D eigenvalue weighted by atomic mass is 32.2. The number of rotatable bonds is 6. The van der Waals surface area contributed by atoms with Crippen molar-refractivity contribution >= 4 is 21.7 Å². The number of carbonyl (C=O) groups excluding carboxylic acids is 1. The van der Waals surface area contributed by atoms with Crippen LogP contribution in [0.15, 0.2) is 24.3 Å². The van der Waals surface area contributed by atoms with Crippen LogP contribution in [0.3, 0.4) is 0 Å². The quantitative estimate of drug-likeness (QED) is 0.775.